The van der Waals surface area contributed by atoms with Gasteiger partial charge >= 0.3 is 6.03 Å². The Kier molecular flexibility index (Phi) is 5.39. The second-order valence-corrected chi connectivity index (χ2v) is 6.73. The molecule has 3 rings (SSSR count). The highest BCUT2D eigenvalue weighted by molar-refractivity contribution is 6.39. The first kappa shape index (κ1) is 17.2. The number of urea groups is 1. The van der Waals surface area contributed by atoms with Gasteiger partial charge in [0.1, 0.15) is 0 Å². The van der Waals surface area contributed by atoms with Gasteiger partial charge in [0.25, 0.3) is 0 Å². The fourth-order valence-electron chi connectivity index (χ4n) is 2.62. The largest absolute Gasteiger partial charge is 0.368 e. The zero-order valence-corrected chi connectivity index (χ0v) is 15.1. The molecule has 1 heterocycles. The number of carbonyl (C=O) groups is 1. The monoisotopic (exact) mass is 383 g/mol. The maximum Gasteiger partial charge on any atom is 0.322 e. The molecule has 1 aliphatic rings. The van der Waals surface area contributed by atoms with Crippen molar-refractivity contribution in [3.05, 3.63) is 57.5 Å². The number of nitrogens with one attached hydrogen (secondary N) is 1. The molecule has 0 radical (unpaired) electrons. The first-order chi connectivity index (χ1) is 11.5. The minimum absolute atomic E-state index is 0.194. The van der Waals surface area contributed by atoms with E-state index < -0.39 is 0 Å². The molecule has 2 aromatic carbocycles. The number of carbonyl (C=O) groups excluding carboxylic acids is 1. The highest BCUT2D eigenvalue weighted by Gasteiger charge is 2.22. The predicted octanol–water partition coefficient (Wildman–Crippen LogP) is 5.00. The van der Waals surface area contributed by atoms with Crippen LogP contribution in [0.1, 0.15) is 0 Å². The van der Waals surface area contributed by atoms with E-state index in [1.807, 2.05) is 24.3 Å². The van der Waals surface area contributed by atoms with Crippen molar-refractivity contribution >= 4 is 52.2 Å². The summed E-state index contributed by atoms with van der Waals surface area (Å²) in [6.07, 6.45) is 0. The number of para-hydroxylation sites is 1. The first-order valence-corrected chi connectivity index (χ1v) is 8.68. The average molecular weight is 385 g/mol. The van der Waals surface area contributed by atoms with Crippen molar-refractivity contribution in [3.63, 3.8) is 0 Å². The minimum Gasteiger partial charge on any atom is -0.368 e. The molecule has 0 saturated carbocycles. The molecule has 0 aromatic heterocycles. The number of anilines is 2. The lowest BCUT2D eigenvalue weighted by Crippen LogP contribution is -2.50. The fraction of sp³-hybridized carbons (Fsp3) is 0.235. The summed E-state index contributed by atoms with van der Waals surface area (Å²) in [5.41, 5.74) is 1.56. The molecular weight excluding hydrogens is 369 g/mol. The van der Waals surface area contributed by atoms with Gasteiger partial charge in [-0.1, -0.05) is 40.9 Å². The zero-order chi connectivity index (χ0) is 17.1. The molecule has 0 aliphatic carbocycles. The van der Waals surface area contributed by atoms with Gasteiger partial charge in [0.15, 0.2) is 0 Å². The highest BCUT2D eigenvalue weighted by atomic mass is 35.5. The third-order valence-corrected chi connectivity index (χ3v) is 4.84. The standard InChI is InChI=1S/C17H16Cl3N3O/c18-12-4-6-13(7-5-12)22-8-10-23(11-9-22)17(24)21-16-14(19)2-1-3-15(16)20/h1-7H,8-11H2,(H,21,24). The number of hydrogen-bond acceptors (Lipinski definition) is 2. The molecule has 24 heavy (non-hydrogen) atoms. The van der Waals surface area contributed by atoms with Crippen molar-refractivity contribution in [2.45, 2.75) is 0 Å². The Bertz CT molecular complexity index is 708. The van der Waals surface area contributed by atoms with Crippen LogP contribution in [0, 0.1) is 0 Å². The lowest BCUT2D eigenvalue weighted by atomic mass is 10.2. The Labute approximate surface area is 155 Å². The molecule has 0 unspecified atom stereocenters. The van der Waals surface area contributed by atoms with E-state index >= 15 is 0 Å². The summed E-state index contributed by atoms with van der Waals surface area (Å²) in [4.78, 5) is 16.4. The molecule has 0 bridgehead atoms. The van der Waals surface area contributed by atoms with Crippen LogP contribution in [0.3, 0.4) is 0 Å². The van der Waals surface area contributed by atoms with E-state index in [-0.39, 0.29) is 6.03 Å². The van der Waals surface area contributed by atoms with Gasteiger partial charge in [-0.25, -0.2) is 4.79 Å². The highest BCUT2D eigenvalue weighted by Crippen LogP contribution is 2.30. The molecule has 2 aromatic rings. The summed E-state index contributed by atoms with van der Waals surface area (Å²) in [7, 11) is 0. The minimum atomic E-state index is -0.194. The van der Waals surface area contributed by atoms with Gasteiger partial charge in [-0.05, 0) is 36.4 Å². The molecule has 0 spiro atoms. The van der Waals surface area contributed by atoms with Crippen molar-refractivity contribution in [2.75, 3.05) is 36.4 Å². The lowest BCUT2D eigenvalue weighted by molar-refractivity contribution is 0.208. The van der Waals surface area contributed by atoms with E-state index in [9.17, 15) is 4.79 Å². The van der Waals surface area contributed by atoms with Crippen LogP contribution in [0.15, 0.2) is 42.5 Å². The maximum atomic E-state index is 12.4. The van der Waals surface area contributed by atoms with Gasteiger partial charge in [-0.2, -0.15) is 0 Å². The second-order valence-electron chi connectivity index (χ2n) is 5.48. The Morgan fingerprint density at radius 2 is 1.46 bits per heavy atom. The number of amides is 2. The molecule has 1 saturated heterocycles. The van der Waals surface area contributed by atoms with Crippen molar-refractivity contribution in [1.29, 1.82) is 0 Å². The molecule has 2 amide bonds. The Hall–Kier alpha value is -1.62. The zero-order valence-electron chi connectivity index (χ0n) is 12.8. The van der Waals surface area contributed by atoms with Crippen LogP contribution in [0.5, 0.6) is 0 Å². The van der Waals surface area contributed by atoms with Crippen molar-refractivity contribution in [3.8, 4) is 0 Å². The summed E-state index contributed by atoms with van der Waals surface area (Å²) >= 11 is 18.1. The van der Waals surface area contributed by atoms with Crippen LogP contribution in [-0.2, 0) is 0 Å². The van der Waals surface area contributed by atoms with Crippen LogP contribution < -0.4 is 10.2 Å². The average Bonchev–Trinajstić information content (AvgIpc) is 2.59. The molecule has 1 N–H and O–H groups in total. The summed E-state index contributed by atoms with van der Waals surface area (Å²) < 4.78 is 0. The van der Waals surface area contributed by atoms with E-state index in [2.05, 4.69) is 10.2 Å². The fourth-order valence-corrected chi connectivity index (χ4v) is 3.24. The van der Waals surface area contributed by atoms with Gasteiger partial charge in [0, 0.05) is 36.9 Å². The summed E-state index contributed by atoms with van der Waals surface area (Å²) in [5, 5.41) is 4.37. The van der Waals surface area contributed by atoms with Crippen LogP contribution in [0.25, 0.3) is 0 Å². The van der Waals surface area contributed by atoms with Crippen molar-refractivity contribution in [2.24, 2.45) is 0 Å². The molecule has 4 nitrogen and oxygen atoms in total. The summed E-state index contributed by atoms with van der Waals surface area (Å²) in [6, 6.07) is 12.7. The summed E-state index contributed by atoms with van der Waals surface area (Å²) in [6.45, 7) is 2.75. The Morgan fingerprint density at radius 3 is 2.04 bits per heavy atom. The smallest absolute Gasteiger partial charge is 0.322 e. The van der Waals surface area contributed by atoms with Crippen LogP contribution in [0.4, 0.5) is 16.2 Å². The maximum absolute atomic E-state index is 12.4. The molecule has 1 fully saturated rings. The van der Waals surface area contributed by atoms with Crippen LogP contribution >= 0.6 is 34.8 Å². The molecule has 7 heteroatoms. The molecule has 126 valence electrons. The number of rotatable bonds is 2. The third-order valence-electron chi connectivity index (χ3n) is 3.95. The van der Waals surface area contributed by atoms with E-state index in [1.54, 1.807) is 23.1 Å². The molecule has 0 atom stereocenters. The summed E-state index contributed by atoms with van der Waals surface area (Å²) in [5.74, 6) is 0. The second kappa shape index (κ2) is 7.51. The van der Waals surface area contributed by atoms with Crippen LogP contribution in [-0.4, -0.2) is 37.1 Å². The van der Waals surface area contributed by atoms with Crippen LogP contribution in [0.2, 0.25) is 15.1 Å². The Balaban J connectivity index is 1.60. The number of benzene rings is 2. The number of halogens is 3. The van der Waals surface area contributed by atoms with Gasteiger partial charge in [0.05, 0.1) is 15.7 Å². The van der Waals surface area contributed by atoms with Gasteiger partial charge in [0.2, 0.25) is 0 Å². The number of hydrogen-bond donors (Lipinski definition) is 1. The normalized spacial score (nSPS) is 14.6. The first-order valence-electron chi connectivity index (χ1n) is 7.55. The number of nitrogens with zero attached hydrogens (tertiary/aromatic N) is 2. The predicted molar refractivity (Wildman–Crippen MR) is 101 cm³/mol. The van der Waals surface area contributed by atoms with Gasteiger partial charge in [-0.15, -0.1) is 0 Å². The van der Waals surface area contributed by atoms with Crippen molar-refractivity contribution < 1.29 is 4.79 Å². The quantitative estimate of drug-likeness (QED) is 0.791. The third kappa shape index (κ3) is 3.89. The Morgan fingerprint density at radius 1 is 0.875 bits per heavy atom. The molecule has 1 aliphatic heterocycles. The number of piperazine rings is 1. The SMILES string of the molecule is O=C(Nc1c(Cl)cccc1Cl)N1CCN(c2ccc(Cl)cc2)CC1. The van der Waals surface area contributed by atoms with Gasteiger partial charge in [-0.3, -0.25) is 0 Å². The van der Waals surface area contributed by atoms with E-state index in [4.69, 9.17) is 34.8 Å². The van der Waals surface area contributed by atoms with E-state index in [0.717, 1.165) is 18.8 Å². The molecular formula is C17H16Cl3N3O. The lowest BCUT2D eigenvalue weighted by Gasteiger charge is -2.36. The van der Waals surface area contributed by atoms with Crippen molar-refractivity contribution in [1.82, 2.24) is 4.90 Å². The topological polar surface area (TPSA) is 35.6 Å². The van der Waals surface area contributed by atoms with E-state index in [0.29, 0.717) is 33.8 Å². The van der Waals surface area contributed by atoms with E-state index in [1.165, 1.54) is 0 Å². The van der Waals surface area contributed by atoms with Gasteiger partial charge < -0.3 is 15.1 Å².